The molecule has 2 heterocycles. The molecular formula is C32H27NO4S. The maximum absolute atomic E-state index is 13.7. The van der Waals surface area contributed by atoms with Gasteiger partial charge in [0.1, 0.15) is 23.9 Å². The van der Waals surface area contributed by atoms with Crippen molar-refractivity contribution in [2.75, 3.05) is 19.7 Å². The van der Waals surface area contributed by atoms with Gasteiger partial charge in [-0.1, -0.05) is 24.3 Å². The second-order valence-corrected chi connectivity index (χ2v) is 10.6. The number of hydrogen-bond acceptors (Lipinski definition) is 6. The lowest BCUT2D eigenvalue weighted by atomic mass is 9.97. The number of phenolic OH excluding ortho intramolecular Hbond substituents is 2. The third-order valence-electron chi connectivity index (χ3n) is 7.03. The smallest absolute Gasteiger partial charge is 0.195 e. The number of thiophene rings is 1. The van der Waals surface area contributed by atoms with Crippen molar-refractivity contribution in [1.29, 1.82) is 0 Å². The molecule has 0 amide bonds. The monoisotopic (exact) mass is 521 g/mol. The highest BCUT2D eigenvalue weighted by Gasteiger charge is 2.22. The van der Waals surface area contributed by atoms with Crippen molar-refractivity contribution in [3.8, 4) is 27.7 Å². The molecule has 5 nitrogen and oxygen atoms in total. The lowest BCUT2D eigenvalue weighted by molar-refractivity contribution is 0.104. The molecule has 6 heteroatoms. The van der Waals surface area contributed by atoms with Crippen molar-refractivity contribution >= 4 is 27.2 Å². The molecule has 2 N–H and O–H groups in total. The molecule has 4 aromatic carbocycles. The topological polar surface area (TPSA) is 70.0 Å². The van der Waals surface area contributed by atoms with Crippen LogP contribution in [0.5, 0.6) is 17.2 Å². The van der Waals surface area contributed by atoms with E-state index in [1.54, 1.807) is 54.6 Å². The molecule has 0 fully saturated rings. The molecule has 0 saturated heterocycles. The Bertz CT molecular complexity index is 1610. The van der Waals surface area contributed by atoms with Gasteiger partial charge in [0, 0.05) is 45.7 Å². The van der Waals surface area contributed by atoms with Crippen molar-refractivity contribution in [3.05, 3.63) is 113 Å². The standard InChI is InChI=1S/C32H27NO4S/c34-25-9-5-23(6-10-25)32-30(28-14-11-26(35)19-29(28)38-32)31(36)22-7-12-27(13-8-22)37-18-17-33-16-15-21-3-1-2-4-24(21)20-33/h1-14,19,34-35H,15-18,20H2. The summed E-state index contributed by atoms with van der Waals surface area (Å²) >= 11 is 1.45. The van der Waals surface area contributed by atoms with Gasteiger partial charge >= 0.3 is 0 Å². The van der Waals surface area contributed by atoms with E-state index in [9.17, 15) is 15.0 Å². The molecule has 0 bridgehead atoms. The first-order chi connectivity index (χ1) is 18.5. The first-order valence-corrected chi connectivity index (χ1v) is 13.5. The Kier molecular flexibility index (Phi) is 6.58. The van der Waals surface area contributed by atoms with Crippen LogP contribution in [0.1, 0.15) is 27.0 Å². The van der Waals surface area contributed by atoms with E-state index in [0.717, 1.165) is 52.3 Å². The van der Waals surface area contributed by atoms with Crippen molar-refractivity contribution in [1.82, 2.24) is 4.90 Å². The van der Waals surface area contributed by atoms with Gasteiger partial charge < -0.3 is 14.9 Å². The molecular weight excluding hydrogens is 494 g/mol. The van der Waals surface area contributed by atoms with Gasteiger partial charge in [-0.05, 0) is 89.8 Å². The second-order valence-electron chi connectivity index (χ2n) is 9.53. The minimum atomic E-state index is -0.0939. The van der Waals surface area contributed by atoms with Crippen LogP contribution in [0.25, 0.3) is 20.5 Å². The first-order valence-electron chi connectivity index (χ1n) is 12.7. The predicted octanol–water partition coefficient (Wildman–Crippen LogP) is 6.65. The minimum absolute atomic E-state index is 0.0939. The summed E-state index contributed by atoms with van der Waals surface area (Å²) in [6.45, 7) is 3.41. The third kappa shape index (κ3) is 4.88. The number of carbonyl (C=O) groups is 1. The Balaban J connectivity index is 1.18. The van der Waals surface area contributed by atoms with E-state index in [1.807, 2.05) is 12.1 Å². The van der Waals surface area contributed by atoms with Crippen LogP contribution in [0, 0.1) is 0 Å². The van der Waals surface area contributed by atoms with Crippen molar-refractivity contribution < 1.29 is 19.7 Å². The molecule has 0 spiro atoms. The predicted molar refractivity (Wildman–Crippen MR) is 151 cm³/mol. The maximum atomic E-state index is 13.7. The molecule has 0 unspecified atom stereocenters. The average molecular weight is 522 g/mol. The van der Waals surface area contributed by atoms with Gasteiger partial charge in [-0.25, -0.2) is 0 Å². The highest BCUT2D eigenvalue weighted by atomic mass is 32.1. The van der Waals surface area contributed by atoms with Gasteiger partial charge in [-0.3, -0.25) is 9.69 Å². The van der Waals surface area contributed by atoms with Crippen LogP contribution in [0.15, 0.2) is 91.0 Å². The fraction of sp³-hybridized carbons (Fsp3) is 0.156. The first kappa shape index (κ1) is 24.2. The minimum Gasteiger partial charge on any atom is -0.508 e. The zero-order valence-electron chi connectivity index (χ0n) is 20.8. The SMILES string of the molecule is O=C(c1ccc(OCCN2CCc3ccccc3C2)cc1)c1c(-c2ccc(O)cc2)sc2cc(O)ccc12. The van der Waals surface area contributed by atoms with E-state index in [4.69, 9.17) is 4.74 Å². The van der Waals surface area contributed by atoms with Crippen LogP contribution >= 0.6 is 11.3 Å². The number of ketones is 1. The van der Waals surface area contributed by atoms with Gasteiger partial charge in [0.25, 0.3) is 0 Å². The Hall–Kier alpha value is -4.13. The molecule has 6 rings (SSSR count). The largest absolute Gasteiger partial charge is 0.508 e. The molecule has 1 aliphatic heterocycles. The van der Waals surface area contributed by atoms with Gasteiger partial charge in [-0.15, -0.1) is 11.3 Å². The number of hydrogen-bond donors (Lipinski definition) is 2. The molecule has 38 heavy (non-hydrogen) atoms. The van der Waals surface area contributed by atoms with E-state index < -0.39 is 0 Å². The van der Waals surface area contributed by atoms with Crippen molar-refractivity contribution in [2.45, 2.75) is 13.0 Å². The van der Waals surface area contributed by atoms with E-state index in [-0.39, 0.29) is 17.3 Å². The van der Waals surface area contributed by atoms with Gasteiger partial charge in [-0.2, -0.15) is 0 Å². The van der Waals surface area contributed by atoms with Crippen molar-refractivity contribution in [3.63, 3.8) is 0 Å². The normalized spacial score (nSPS) is 13.4. The molecule has 1 aliphatic rings. The lowest BCUT2D eigenvalue weighted by Crippen LogP contribution is -2.33. The Morgan fingerprint density at radius 2 is 1.61 bits per heavy atom. The number of phenols is 2. The number of fused-ring (bicyclic) bond motifs is 2. The summed E-state index contributed by atoms with van der Waals surface area (Å²) in [5, 5.41) is 20.5. The average Bonchev–Trinajstić information content (AvgIpc) is 3.32. The molecule has 0 radical (unpaired) electrons. The summed E-state index contributed by atoms with van der Waals surface area (Å²) in [7, 11) is 0. The Labute approximate surface area is 225 Å². The summed E-state index contributed by atoms with van der Waals surface area (Å²) in [5.41, 5.74) is 4.83. The van der Waals surface area contributed by atoms with E-state index in [1.165, 1.54) is 22.5 Å². The Morgan fingerprint density at radius 3 is 2.39 bits per heavy atom. The Morgan fingerprint density at radius 1 is 0.868 bits per heavy atom. The molecule has 1 aromatic heterocycles. The number of benzene rings is 4. The summed E-state index contributed by atoms with van der Waals surface area (Å²) in [5.74, 6) is 0.965. The molecule has 0 aliphatic carbocycles. The van der Waals surface area contributed by atoms with E-state index >= 15 is 0 Å². The summed E-state index contributed by atoms with van der Waals surface area (Å²) < 4.78 is 6.84. The number of ether oxygens (including phenoxy) is 1. The summed E-state index contributed by atoms with van der Waals surface area (Å²) in [6.07, 6.45) is 1.07. The van der Waals surface area contributed by atoms with E-state index in [2.05, 4.69) is 29.2 Å². The lowest BCUT2D eigenvalue weighted by Gasteiger charge is -2.28. The van der Waals surface area contributed by atoms with E-state index in [0.29, 0.717) is 17.7 Å². The number of carbonyl (C=O) groups excluding carboxylic acids is 1. The maximum Gasteiger partial charge on any atom is 0.195 e. The zero-order valence-corrected chi connectivity index (χ0v) is 21.6. The van der Waals surface area contributed by atoms with Crippen molar-refractivity contribution in [2.24, 2.45) is 0 Å². The van der Waals surface area contributed by atoms with Crippen LogP contribution in [0.3, 0.4) is 0 Å². The molecule has 0 atom stereocenters. The number of rotatable bonds is 7. The second kappa shape index (κ2) is 10.3. The fourth-order valence-corrected chi connectivity index (χ4v) is 6.25. The molecule has 190 valence electrons. The number of nitrogens with zero attached hydrogens (tertiary/aromatic N) is 1. The number of aromatic hydroxyl groups is 2. The van der Waals surface area contributed by atoms with Gasteiger partial charge in [0.2, 0.25) is 0 Å². The van der Waals surface area contributed by atoms with Crippen LogP contribution in [0.4, 0.5) is 0 Å². The van der Waals surface area contributed by atoms with Crippen LogP contribution in [-0.2, 0) is 13.0 Å². The third-order valence-corrected chi connectivity index (χ3v) is 8.23. The summed E-state index contributed by atoms with van der Waals surface area (Å²) in [6, 6.07) is 27.8. The van der Waals surface area contributed by atoms with Crippen LogP contribution in [-0.4, -0.2) is 40.6 Å². The summed E-state index contributed by atoms with van der Waals surface area (Å²) in [4.78, 5) is 17.0. The highest BCUT2D eigenvalue weighted by Crippen LogP contribution is 2.41. The zero-order chi connectivity index (χ0) is 26.1. The van der Waals surface area contributed by atoms with Crippen LogP contribution < -0.4 is 4.74 Å². The molecule has 0 saturated carbocycles. The fourth-order valence-electron chi connectivity index (χ4n) is 5.01. The van der Waals surface area contributed by atoms with Crippen LogP contribution in [0.2, 0.25) is 0 Å². The molecule has 5 aromatic rings. The van der Waals surface area contributed by atoms with Gasteiger partial charge in [0.15, 0.2) is 5.78 Å². The quantitative estimate of drug-likeness (QED) is 0.235. The highest BCUT2D eigenvalue weighted by molar-refractivity contribution is 7.22. The van der Waals surface area contributed by atoms with Gasteiger partial charge in [0.05, 0.1) is 0 Å².